The number of primary amides is 1. The lowest BCUT2D eigenvalue weighted by Gasteiger charge is -2.39. The minimum atomic E-state index is -0.562. The summed E-state index contributed by atoms with van der Waals surface area (Å²) in [6, 6.07) is -0.794. The highest BCUT2D eigenvalue weighted by atomic mass is 16.5. The summed E-state index contributed by atoms with van der Waals surface area (Å²) in [5.41, 5.74) is 11.2. The molecule has 21 heavy (non-hydrogen) atoms. The molecule has 2 amide bonds. The second kappa shape index (κ2) is 9.00. The Hall–Kier alpha value is -1.14. The summed E-state index contributed by atoms with van der Waals surface area (Å²) < 4.78 is 5.42. The molecule has 4 atom stereocenters. The Morgan fingerprint density at radius 1 is 1.24 bits per heavy atom. The molecule has 0 saturated heterocycles. The number of nitrogens with two attached hydrogens (primary N) is 2. The first-order chi connectivity index (χ1) is 9.67. The van der Waals surface area contributed by atoms with Gasteiger partial charge in [-0.2, -0.15) is 0 Å². The molecule has 0 radical (unpaired) electrons. The highest BCUT2D eigenvalue weighted by Gasteiger charge is 2.35. The van der Waals surface area contributed by atoms with Gasteiger partial charge < -0.3 is 21.1 Å². The molecule has 6 heteroatoms. The molecule has 0 aromatic heterocycles. The van der Waals surface area contributed by atoms with Gasteiger partial charge in [0.05, 0.1) is 24.6 Å². The predicted octanol–water partition coefficient (Wildman–Crippen LogP) is 0.733. The van der Waals surface area contributed by atoms with Crippen LogP contribution in [0.25, 0.3) is 0 Å². The van der Waals surface area contributed by atoms with E-state index in [9.17, 15) is 9.59 Å². The maximum atomic E-state index is 12.5. The third-order valence-electron chi connectivity index (χ3n) is 4.11. The van der Waals surface area contributed by atoms with E-state index in [-0.39, 0.29) is 30.2 Å². The minimum absolute atomic E-state index is 0.0506. The molecular weight excluding hydrogens is 270 g/mol. The molecular formula is C15H31N3O3. The lowest BCUT2D eigenvalue weighted by atomic mass is 9.90. The second-order valence-electron chi connectivity index (χ2n) is 6.04. The molecule has 4 N–H and O–H groups in total. The molecule has 1 unspecified atom stereocenters. The van der Waals surface area contributed by atoms with E-state index >= 15 is 0 Å². The van der Waals surface area contributed by atoms with Gasteiger partial charge in [0.2, 0.25) is 11.8 Å². The topological polar surface area (TPSA) is 98.7 Å². The van der Waals surface area contributed by atoms with Crippen LogP contribution < -0.4 is 11.5 Å². The molecule has 6 nitrogen and oxygen atoms in total. The first kappa shape index (κ1) is 19.9. The Kier molecular flexibility index (Phi) is 8.51. The monoisotopic (exact) mass is 301 g/mol. The van der Waals surface area contributed by atoms with E-state index in [0.717, 1.165) is 6.42 Å². The number of amides is 2. The summed E-state index contributed by atoms with van der Waals surface area (Å²) in [5.74, 6) is -0.358. The van der Waals surface area contributed by atoms with Crippen molar-refractivity contribution in [3.63, 3.8) is 0 Å². The summed E-state index contributed by atoms with van der Waals surface area (Å²) in [6.45, 7) is 7.88. The van der Waals surface area contributed by atoms with Crippen molar-refractivity contribution in [1.82, 2.24) is 4.90 Å². The molecule has 0 heterocycles. The normalized spacial score (nSPS) is 17.1. The fourth-order valence-corrected chi connectivity index (χ4v) is 2.45. The summed E-state index contributed by atoms with van der Waals surface area (Å²) >= 11 is 0. The van der Waals surface area contributed by atoms with Crippen LogP contribution in [0, 0.1) is 11.8 Å². The van der Waals surface area contributed by atoms with Crippen LogP contribution >= 0.6 is 0 Å². The van der Waals surface area contributed by atoms with E-state index in [1.807, 2.05) is 27.7 Å². The number of nitrogens with zero attached hydrogens (tertiary/aromatic N) is 1. The van der Waals surface area contributed by atoms with Crippen LogP contribution in [-0.2, 0) is 14.3 Å². The average molecular weight is 301 g/mol. The molecule has 0 aliphatic heterocycles. The van der Waals surface area contributed by atoms with Gasteiger partial charge in [-0.3, -0.25) is 9.59 Å². The van der Waals surface area contributed by atoms with Crippen molar-refractivity contribution in [2.45, 2.75) is 58.7 Å². The van der Waals surface area contributed by atoms with Crippen molar-refractivity contribution < 1.29 is 14.3 Å². The summed E-state index contributed by atoms with van der Waals surface area (Å²) in [5, 5.41) is 0. The molecule has 0 saturated carbocycles. The largest absolute Gasteiger partial charge is 0.379 e. The highest BCUT2D eigenvalue weighted by Crippen LogP contribution is 2.22. The van der Waals surface area contributed by atoms with Crippen molar-refractivity contribution >= 4 is 11.8 Å². The minimum Gasteiger partial charge on any atom is -0.379 e. The average Bonchev–Trinajstić information content (AvgIpc) is 2.43. The fourth-order valence-electron chi connectivity index (χ4n) is 2.45. The standard InChI is InChI=1S/C15H31N3O3/c1-7-10(4)14(11(21-6)8-12(16)19)18(5)15(20)13(17)9(2)3/h9-11,13-14H,7-8,17H2,1-6H3,(H2,16,19)/t10?,11-,13+,14+/m1/s1. The van der Waals surface area contributed by atoms with Crippen LogP contribution in [0.4, 0.5) is 0 Å². The zero-order valence-electron chi connectivity index (χ0n) is 14.1. The van der Waals surface area contributed by atoms with Crippen molar-refractivity contribution in [1.29, 1.82) is 0 Å². The Morgan fingerprint density at radius 2 is 1.76 bits per heavy atom. The molecule has 0 aromatic carbocycles. The number of rotatable bonds is 9. The zero-order chi connectivity index (χ0) is 16.7. The van der Waals surface area contributed by atoms with Gasteiger partial charge in [-0.15, -0.1) is 0 Å². The van der Waals surface area contributed by atoms with Crippen molar-refractivity contribution in [2.24, 2.45) is 23.3 Å². The van der Waals surface area contributed by atoms with Crippen LogP contribution in [0.2, 0.25) is 0 Å². The first-order valence-corrected chi connectivity index (χ1v) is 7.50. The van der Waals surface area contributed by atoms with Crippen molar-refractivity contribution in [3.8, 4) is 0 Å². The predicted molar refractivity (Wildman–Crippen MR) is 83.4 cm³/mol. The molecule has 0 fully saturated rings. The lowest BCUT2D eigenvalue weighted by molar-refractivity contribution is -0.140. The van der Waals surface area contributed by atoms with Gasteiger partial charge >= 0.3 is 0 Å². The Bertz CT molecular complexity index is 347. The highest BCUT2D eigenvalue weighted by molar-refractivity contribution is 5.82. The Morgan fingerprint density at radius 3 is 2.10 bits per heavy atom. The molecule has 0 aliphatic carbocycles. The molecule has 0 aliphatic rings. The molecule has 0 rings (SSSR count). The van der Waals surface area contributed by atoms with Crippen LogP contribution in [0.5, 0.6) is 0 Å². The maximum Gasteiger partial charge on any atom is 0.239 e. The second-order valence-corrected chi connectivity index (χ2v) is 6.04. The smallest absolute Gasteiger partial charge is 0.239 e. The van der Waals surface area contributed by atoms with E-state index in [2.05, 4.69) is 0 Å². The number of likely N-dealkylation sites (N-methyl/N-ethyl adjacent to an activating group) is 1. The summed E-state index contributed by atoms with van der Waals surface area (Å²) in [7, 11) is 3.25. The van der Waals surface area contributed by atoms with Gasteiger partial charge in [0, 0.05) is 14.2 Å². The SMILES string of the molecule is CCC(C)[C@@H]([C@@H](CC(N)=O)OC)N(C)C(=O)[C@@H](N)C(C)C. The van der Waals surface area contributed by atoms with E-state index in [0.29, 0.717) is 0 Å². The number of hydrogen-bond donors (Lipinski definition) is 2. The van der Waals surface area contributed by atoms with Crippen molar-refractivity contribution in [2.75, 3.05) is 14.2 Å². The van der Waals surface area contributed by atoms with E-state index in [1.165, 1.54) is 7.11 Å². The van der Waals surface area contributed by atoms with Gasteiger partial charge in [0.1, 0.15) is 0 Å². The van der Waals surface area contributed by atoms with Gasteiger partial charge in [-0.05, 0) is 11.8 Å². The molecule has 0 aromatic rings. The van der Waals surface area contributed by atoms with Crippen LogP contribution in [0.1, 0.15) is 40.5 Å². The van der Waals surface area contributed by atoms with Crippen LogP contribution in [0.15, 0.2) is 0 Å². The van der Waals surface area contributed by atoms with E-state index in [1.54, 1.807) is 11.9 Å². The van der Waals surface area contributed by atoms with Crippen molar-refractivity contribution in [3.05, 3.63) is 0 Å². The third-order valence-corrected chi connectivity index (χ3v) is 4.11. The van der Waals surface area contributed by atoms with Gasteiger partial charge in [0.25, 0.3) is 0 Å². The quantitative estimate of drug-likeness (QED) is 0.656. The van der Waals surface area contributed by atoms with Crippen LogP contribution in [-0.4, -0.2) is 49.1 Å². The summed E-state index contributed by atoms with van der Waals surface area (Å²) in [4.78, 5) is 25.3. The third kappa shape index (κ3) is 5.63. The number of ether oxygens (including phenoxy) is 1. The number of carbonyl (C=O) groups excluding carboxylic acids is 2. The fraction of sp³-hybridized carbons (Fsp3) is 0.867. The first-order valence-electron chi connectivity index (χ1n) is 7.50. The van der Waals surface area contributed by atoms with Gasteiger partial charge in [0.15, 0.2) is 0 Å². The Labute approximate surface area is 128 Å². The number of methoxy groups -OCH3 is 1. The lowest BCUT2D eigenvalue weighted by Crippen LogP contribution is -2.55. The number of hydrogen-bond acceptors (Lipinski definition) is 4. The molecule has 0 bridgehead atoms. The van der Waals surface area contributed by atoms with Gasteiger partial charge in [-0.1, -0.05) is 34.1 Å². The van der Waals surface area contributed by atoms with E-state index in [4.69, 9.17) is 16.2 Å². The van der Waals surface area contributed by atoms with E-state index < -0.39 is 18.1 Å². The Balaban J connectivity index is 5.30. The molecule has 0 spiro atoms. The number of carbonyl (C=O) groups is 2. The molecule has 124 valence electrons. The van der Waals surface area contributed by atoms with Crippen LogP contribution in [0.3, 0.4) is 0 Å². The van der Waals surface area contributed by atoms with Gasteiger partial charge in [-0.25, -0.2) is 0 Å². The zero-order valence-corrected chi connectivity index (χ0v) is 14.1. The summed E-state index contributed by atoms with van der Waals surface area (Å²) in [6.07, 6.45) is 0.517. The maximum absolute atomic E-state index is 12.5.